The monoisotopic (exact) mass is 327 g/mol. The van der Waals surface area contributed by atoms with Crippen molar-refractivity contribution in [1.29, 1.82) is 0 Å². The number of unbranched alkanes of at least 4 members (excludes halogenated alkanes) is 1. The SMILES string of the molecule is CCCCNC(=O)[C@H](CS)NC(=O)/C(=N\OC)c1ccco1. The Labute approximate surface area is 134 Å². The van der Waals surface area contributed by atoms with Crippen LogP contribution in [0.15, 0.2) is 28.0 Å². The first kappa shape index (κ1) is 18.1. The average Bonchev–Trinajstić information content (AvgIpc) is 3.04. The predicted molar refractivity (Wildman–Crippen MR) is 86.0 cm³/mol. The lowest BCUT2D eigenvalue weighted by molar-refractivity contribution is -0.126. The summed E-state index contributed by atoms with van der Waals surface area (Å²) in [5.41, 5.74) is -0.0411. The fraction of sp³-hybridized carbons (Fsp3) is 0.500. The van der Waals surface area contributed by atoms with Crippen molar-refractivity contribution in [3.8, 4) is 0 Å². The van der Waals surface area contributed by atoms with Crippen LogP contribution in [0.25, 0.3) is 0 Å². The van der Waals surface area contributed by atoms with E-state index in [1.165, 1.54) is 13.4 Å². The van der Waals surface area contributed by atoms with Crippen LogP contribution < -0.4 is 10.6 Å². The zero-order valence-electron chi connectivity index (χ0n) is 12.7. The summed E-state index contributed by atoms with van der Waals surface area (Å²) >= 11 is 4.10. The standard InChI is InChI=1S/C14H21N3O4S/c1-3-4-7-15-13(18)10(9-22)16-14(19)12(17-20-2)11-6-5-8-21-11/h5-6,8,10,22H,3-4,7,9H2,1-2H3,(H,15,18)(H,16,19)/b17-12-/t10-/m0/s1. The van der Waals surface area contributed by atoms with Gasteiger partial charge in [-0.15, -0.1) is 0 Å². The predicted octanol–water partition coefficient (Wildman–Crippen LogP) is 0.961. The van der Waals surface area contributed by atoms with E-state index in [-0.39, 0.29) is 23.1 Å². The molecule has 2 N–H and O–H groups in total. The molecular weight excluding hydrogens is 306 g/mol. The maximum atomic E-state index is 12.2. The summed E-state index contributed by atoms with van der Waals surface area (Å²) in [6.45, 7) is 2.59. The lowest BCUT2D eigenvalue weighted by Crippen LogP contribution is -2.50. The minimum absolute atomic E-state index is 0.0411. The molecule has 0 saturated heterocycles. The van der Waals surface area contributed by atoms with E-state index in [1.54, 1.807) is 12.1 Å². The van der Waals surface area contributed by atoms with Crippen molar-refractivity contribution in [3.63, 3.8) is 0 Å². The van der Waals surface area contributed by atoms with Gasteiger partial charge in [0.1, 0.15) is 13.2 Å². The highest BCUT2D eigenvalue weighted by atomic mass is 32.1. The molecule has 122 valence electrons. The van der Waals surface area contributed by atoms with Gasteiger partial charge in [0.25, 0.3) is 5.91 Å². The van der Waals surface area contributed by atoms with Crippen molar-refractivity contribution < 1.29 is 18.8 Å². The van der Waals surface area contributed by atoms with Crippen molar-refractivity contribution in [1.82, 2.24) is 10.6 Å². The zero-order valence-corrected chi connectivity index (χ0v) is 13.6. The fourth-order valence-electron chi connectivity index (χ4n) is 1.64. The second-order valence-corrected chi connectivity index (χ2v) is 4.82. The molecule has 0 fully saturated rings. The van der Waals surface area contributed by atoms with Gasteiger partial charge in [-0.1, -0.05) is 18.5 Å². The van der Waals surface area contributed by atoms with Gasteiger partial charge in [0.05, 0.1) is 6.26 Å². The van der Waals surface area contributed by atoms with Crippen LogP contribution in [0.4, 0.5) is 0 Å². The summed E-state index contributed by atoms with van der Waals surface area (Å²) in [6, 6.07) is 2.44. The van der Waals surface area contributed by atoms with Gasteiger partial charge in [0.2, 0.25) is 11.6 Å². The summed E-state index contributed by atoms with van der Waals surface area (Å²) < 4.78 is 5.13. The summed E-state index contributed by atoms with van der Waals surface area (Å²) in [5, 5.41) is 8.96. The molecule has 0 unspecified atom stereocenters. The van der Waals surface area contributed by atoms with Gasteiger partial charge in [0, 0.05) is 12.3 Å². The van der Waals surface area contributed by atoms with Gasteiger partial charge < -0.3 is 19.9 Å². The van der Waals surface area contributed by atoms with Gasteiger partial charge in [-0.25, -0.2) is 0 Å². The first-order valence-corrected chi connectivity index (χ1v) is 7.61. The Kier molecular flexibility index (Phi) is 8.13. The number of carbonyl (C=O) groups excluding carboxylic acids is 2. The highest BCUT2D eigenvalue weighted by molar-refractivity contribution is 7.80. The quantitative estimate of drug-likeness (QED) is 0.273. The maximum Gasteiger partial charge on any atom is 0.277 e. The Hall–Kier alpha value is -1.96. The molecule has 1 rings (SSSR count). The number of nitrogens with one attached hydrogen (secondary N) is 2. The highest BCUT2D eigenvalue weighted by Gasteiger charge is 2.24. The molecule has 1 heterocycles. The third-order valence-electron chi connectivity index (χ3n) is 2.79. The van der Waals surface area contributed by atoms with Crippen LogP contribution in [-0.4, -0.2) is 43.0 Å². The molecule has 22 heavy (non-hydrogen) atoms. The second kappa shape index (κ2) is 9.88. The van der Waals surface area contributed by atoms with Crippen LogP contribution >= 0.6 is 12.6 Å². The van der Waals surface area contributed by atoms with Gasteiger partial charge >= 0.3 is 0 Å². The van der Waals surface area contributed by atoms with Crippen LogP contribution in [0, 0.1) is 0 Å². The Morgan fingerprint density at radius 3 is 2.82 bits per heavy atom. The molecule has 0 saturated carbocycles. The molecule has 0 spiro atoms. The number of thiol groups is 1. The van der Waals surface area contributed by atoms with E-state index in [2.05, 4.69) is 33.3 Å². The largest absolute Gasteiger partial charge is 0.462 e. The molecule has 1 atom stereocenters. The third-order valence-corrected chi connectivity index (χ3v) is 3.15. The second-order valence-electron chi connectivity index (χ2n) is 4.45. The topological polar surface area (TPSA) is 92.9 Å². The molecule has 0 aliphatic rings. The number of hydrogen-bond donors (Lipinski definition) is 3. The van der Waals surface area contributed by atoms with Gasteiger partial charge in [-0.05, 0) is 18.6 Å². The molecule has 0 bridgehead atoms. The maximum absolute atomic E-state index is 12.2. The summed E-state index contributed by atoms with van der Waals surface area (Å²) in [6.07, 6.45) is 3.27. The Morgan fingerprint density at radius 2 is 2.27 bits per heavy atom. The number of nitrogens with zero attached hydrogens (tertiary/aromatic N) is 1. The zero-order chi connectivity index (χ0) is 16.4. The van der Waals surface area contributed by atoms with Gasteiger partial charge in [-0.3, -0.25) is 9.59 Å². The lowest BCUT2D eigenvalue weighted by atomic mass is 10.2. The summed E-state index contributed by atoms with van der Waals surface area (Å²) in [5.74, 6) is -0.430. The molecule has 1 aromatic heterocycles. The number of furan rings is 1. The molecule has 0 radical (unpaired) electrons. The summed E-state index contributed by atoms with van der Waals surface area (Å²) in [4.78, 5) is 28.9. The van der Waals surface area contributed by atoms with Crippen LogP contribution in [0.2, 0.25) is 0 Å². The van der Waals surface area contributed by atoms with Crippen LogP contribution in [-0.2, 0) is 14.4 Å². The molecule has 2 amide bonds. The first-order chi connectivity index (χ1) is 10.6. The van der Waals surface area contributed by atoms with Crippen molar-refractivity contribution in [2.24, 2.45) is 5.16 Å². The van der Waals surface area contributed by atoms with E-state index >= 15 is 0 Å². The Bertz CT molecular complexity index is 502. The first-order valence-electron chi connectivity index (χ1n) is 6.98. The average molecular weight is 327 g/mol. The fourth-order valence-corrected chi connectivity index (χ4v) is 1.89. The number of amides is 2. The molecule has 0 aliphatic carbocycles. The number of hydrogen-bond acceptors (Lipinski definition) is 6. The van der Waals surface area contributed by atoms with Crippen molar-refractivity contribution in [2.45, 2.75) is 25.8 Å². The van der Waals surface area contributed by atoms with E-state index < -0.39 is 11.9 Å². The minimum Gasteiger partial charge on any atom is -0.462 e. The van der Waals surface area contributed by atoms with Crippen molar-refractivity contribution in [3.05, 3.63) is 24.2 Å². The van der Waals surface area contributed by atoms with Crippen LogP contribution in [0.1, 0.15) is 25.5 Å². The lowest BCUT2D eigenvalue weighted by Gasteiger charge is -2.16. The molecule has 1 aromatic rings. The Morgan fingerprint density at radius 1 is 1.50 bits per heavy atom. The molecular formula is C14H21N3O4S. The highest BCUT2D eigenvalue weighted by Crippen LogP contribution is 2.04. The van der Waals surface area contributed by atoms with E-state index in [0.717, 1.165) is 12.8 Å². The van der Waals surface area contributed by atoms with E-state index in [0.29, 0.717) is 6.54 Å². The van der Waals surface area contributed by atoms with Crippen molar-refractivity contribution in [2.75, 3.05) is 19.4 Å². The molecule has 8 heteroatoms. The number of oxime groups is 1. The molecule has 7 nitrogen and oxygen atoms in total. The molecule has 0 aromatic carbocycles. The van der Waals surface area contributed by atoms with E-state index in [4.69, 9.17) is 4.42 Å². The summed E-state index contributed by atoms with van der Waals surface area (Å²) in [7, 11) is 1.32. The number of rotatable bonds is 9. The Balaban J connectivity index is 2.70. The van der Waals surface area contributed by atoms with Crippen LogP contribution in [0.3, 0.4) is 0 Å². The van der Waals surface area contributed by atoms with E-state index in [9.17, 15) is 9.59 Å². The minimum atomic E-state index is -0.760. The van der Waals surface area contributed by atoms with Crippen LogP contribution in [0.5, 0.6) is 0 Å². The van der Waals surface area contributed by atoms with E-state index in [1.807, 2.05) is 6.92 Å². The number of carbonyl (C=O) groups is 2. The van der Waals surface area contributed by atoms with Gasteiger partial charge in [0.15, 0.2) is 5.76 Å². The molecule has 0 aliphatic heterocycles. The normalized spacial score (nSPS) is 12.6. The third kappa shape index (κ3) is 5.44. The van der Waals surface area contributed by atoms with Gasteiger partial charge in [-0.2, -0.15) is 12.6 Å². The van der Waals surface area contributed by atoms with Crippen molar-refractivity contribution >= 4 is 30.2 Å². The smallest absolute Gasteiger partial charge is 0.277 e.